The van der Waals surface area contributed by atoms with Crippen molar-refractivity contribution in [2.75, 3.05) is 0 Å². The second kappa shape index (κ2) is 4.52. The number of rotatable bonds is 1. The summed E-state index contributed by atoms with van der Waals surface area (Å²) in [5.41, 5.74) is 2.64. The molecule has 0 aliphatic heterocycles. The summed E-state index contributed by atoms with van der Waals surface area (Å²) in [6, 6.07) is 14.7. The largest absolute Gasteiger partial charge is 0.308 e. The summed E-state index contributed by atoms with van der Waals surface area (Å²) >= 11 is 5.97. The fraction of sp³-hybridized carbons (Fsp3) is 0.0667. The molecule has 0 radical (unpaired) electrons. The molecule has 0 atom stereocenters. The van der Waals surface area contributed by atoms with Crippen LogP contribution >= 0.6 is 11.6 Å². The van der Waals surface area contributed by atoms with Crippen LogP contribution in [0.2, 0.25) is 5.02 Å². The van der Waals surface area contributed by atoms with Crippen LogP contribution in [0.4, 0.5) is 0 Å². The monoisotopic (exact) mass is 270 g/mol. The lowest BCUT2D eigenvalue weighted by molar-refractivity contribution is 0.896. The van der Waals surface area contributed by atoms with Gasteiger partial charge >= 0.3 is 0 Å². The first-order valence-corrected chi connectivity index (χ1v) is 6.26. The summed E-state index contributed by atoms with van der Waals surface area (Å²) < 4.78 is 1.61. The van der Waals surface area contributed by atoms with E-state index >= 15 is 0 Å². The Hall–Kier alpha value is -2.13. The fourth-order valence-corrected chi connectivity index (χ4v) is 2.29. The maximum atomic E-state index is 12.4. The number of aryl methyl sites for hydroxylation is 1. The quantitative estimate of drug-likeness (QED) is 0.680. The first-order chi connectivity index (χ1) is 9.16. The Balaban J connectivity index is 2.36. The van der Waals surface area contributed by atoms with Crippen LogP contribution in [0.3, 0.4) is 0 Å². The molecule has 4 heteroatoms. The number of aromatic nitrogens is 2. The van der Waals surface area contributed by atoms with Crippen molar-refractivity contribution in [3.63, 3.8) is 0 Å². The standard InChI is InChI=1S/C15H11ClN2O/c1-18-13-8-3-2-7-12(13)17-14(15(18)19)10-5-4-6-11(16)9-10/h2-9H,1H3. The van der Waals surface area contributed by atoms with Crippen LogP contribution in [-0.4, -0.2) is 9.55 Å². The number of halogens is 1. The molecule has 19 heavy (non-hydrogen) atoms. The first kappa shape index (κ1) is 11.9. The van der Waals surface area contributed by atoms with Crippen molar-refractivity contribution < 1.29 is 0 Å². The summed E-state index contributed by atoms with van der Waals surface area (Å²) in [4.78, 5) is 16.8. The highest BCUT2D eigenvalue weighted by atomic mass is 35.5. The van der Waals surface area contributed by atoms with Gasteiger partial charge in [0, 0.05) is 17.6 Å². The molecule has 0 bridgehead atoms. The summed E-state index contributed by atoms with van der Waals surface area (Å²) in [6.07, 6.45) is 0. The van der Waals surface area contributed by atoms with Crippen molar-refractivity contribution in [2.45, 2.75) is 0 Å². The van der Waals surface area contributed by atoms with Gasteiger partial charge in [-0.3, -0.25) is 4.79 Å². The second-order valence-electron chi connectivity index (χ2n) is 4.32. The van der Waals surface area contributed by atoms with Gasteiger partial charge in [-0.05, 0) is 24.3 Å². The van der Waals surface area contributed by atoms with E-state index in [4.69, 9.17) is 11.6 Å². The zero-order valence-electron chi connectivity index (χ0n) is 10.3. The number of para-hydroxylation sites is 2. The zero-order chi connectivity index (χ0) is 13.4. The van der Waals surface area contributed by atoms with Gasteiger partial charge < -0.3 is 4.57 Å². The highest BCUT2D eigenvalue weighted by Gasteiger charge is 2.10. The van der Waals surface area contributed by atoms with Gasteiger partial charge in [0.2, 0.25) is 0 Å². The molecular weight excluding hydrogens is 260 g/mol. The molecule has 1 heterocycles. The lowest BCUT2D eigenvalue weighted by Gasteiger charge is -2.07. The van der Waals surface area contributed by atoms with Crippen LogP contribution in [0.15, 0.2) is 53.3 Å². The first-order valence-electron chi connectivity index (χ1n) is 5.88. The zero-order valence-corrected chi connectivity index (χ0v) is 11.1. The summed E-state index contributed by atoms with van der Waals surface area (Å²) in [5, 5.41) is 0.592. The van der Waals surface area contributed by atoms with Crippen LogP contribution in [0.25, 0.3) is 22.3 Å². The molecule has 0 unspecified atom stereocenters. The van der Waals surface area contributed by atoms with Gasteiger partial charge in [-0.1, -0.05) is 35.9 Å². The van der Waals surface area contributed by atoms with E-state index in [0.717, 1.165) is 16.6 Å². The van der Waals surface area contributed by atoms with Crippen molar-refractivity contribution in [1.82, 2.24) is 9.55 Å². The van der Waals surface area contributed by atoms with Gasteiger partial charge in [0.1, 0.15) is 5.69 Å². The van der Waals surface area contributed by atoms with E-state index in [1.165, 1.54) is 0 Å². The second-order valence-corrected chi connectivity index (χ2v) is 4.76. The average molecular weight is 271 g/mol. The summed E-state index contributed by atoms with van der Waals surface area (Å²) in [5.74, 6) is 0. The van der Waals surface area contributed by atoms with Crippen molar-refractivity contribution in [1.29, 1.82) is 0 Å². The Labute approximate surface area is 115 Å². The fourth-order valence-electron chi connectivity index (χ4n) is 2.10. The number of nitrogens with zero attached hydrogens (tertiary/aromatic N) is 2. The Kier molecular flexibility index (Phi) is 2.84. The maximum absolute atomic E-state index is 12.4. The predicted molar refractivity (Wildman–Crippen MR) is 77.4 cm³/mol. The molecule has 0 amide bonds. The maximum Gasteiger partial charge on any atom is 0.277 e. The Morgan fingerprint density at radius 2 is 1.89 bits per heavy atom. The molecule has 0 aliphatic rings. The minimum atomic E-state index is -0.124. The minimum absolute atomic E-state index is 0.124. The van der Waals surface area contributed by atoms with Gasteiger partial charge in [0.05, 0.1) is 11.0 Å². The van der Waals surface area contributed by atoms with Crippen molar-refractivity contribution in [3.05, 3.63) is 63.9 Å². The van der Waals surface area contributed by atoms with E-state index in [9.17, 15) is 4.79 Å². The van der Waals surface area contributed by atoms with Crippen LogP contribution in [0.1, 0.15) is 0 Å². The molecule has 3 nitrogen and oxygen atoms in total. The average Bonchev–Trinajstić information content (AvgIpc) is 2.43. The van der Waals surface area contributed by atoms with E-state index in [1.807, 2.05) is 36.4 Å². The lowest BCUT2D eigenvalue weighted by atomic mass is 10.1. The van der Waals surface area contributed by atoms with E-state index in [0.29, 0.717) is 10.7 Å². The van der Waals surface area contributed by atoms with E-state index in [1.54, 1.807) is 23.7 Å². The number of fused-ring (bicyclic) bond motifs is 1. The third-order valence-corrected chi connectivity index (χ3v) is 3.32. The van der Waals surface area contributed by atoms with Crippen molar-refractivity contribution in [3.8, 4) is 11.3 Å². The van der Waals surface area contributed by atoms with Crippen LogP contribution in [0, 0.1) is 0 Å². The highest BCUT2D eigenvalue weighted by molar-refractivity contribution is 6.30. The third kappa shape index (κ3) is 2.02. The molecule has 3 aromatic rings. The van der Waals surface area contributed by atoms with Gasteiger partial charge in [-0.2, -0.15) is 0 Å². The predicted octanol–water partition coefficient (Wildman–Crippen LogP) is 3.25. The Morgan fingerprint density at radius 1 is 1.11 bits per heavy atom. The SMILES string of the molecule is Cn1c(=O)c(-c2cccc(Cl)c2)nc2ccccc21. The number of hydrogen-bond donors (Lipinski definition) is 0. The lowest BCUT2D eigenvalue weighted by Crippen LogP contribution is -2.20. The van der Waals surface area contributed by atoms with Gasteiger partial charge in [0.25, 0.3) is 5.56 Å². The molecule has 94 valence electrons. The van der Waals surface area contributed by atoms with Crippen LogP contribution in [0.5, 0.6) is 0 Å². The third-order valence-electron chi connectivity index (χ3n) is 3.08. The van der Waals surface area contributed by atoms with Gasteiger partial charge in [-0.25, -0.2) is 4.98 Å². The topological polar surface area (TPSA) is 34.9 Å². The smallest absolute Gasteiger partial charge is 0.277 e. The molecule has 0 N–H and O–H groups in total. The molecular formula is C15H11ClN2O. The Bertz CT molecular complexity index is 824. The van der Waals surface area contributed by atoms with Crippen molar-refractivity contribution >= 4 is 22.6 Å². The molecule has 0 saturated carbocycles. The summed E-state index contributed by atoms with van der Waals surface area (Å²) in [7, 11) is 1.75. The Morgan fingerprint density at radius 3 is 2.68 bits per heavy atom. The van der Waals surface area contributed by atoms with E-state index in [2.05, 4.69) is 4.98 Å². The van der Waals surface area contributed by atoms with E-state index < -0.39 is 0 Å². The number of hydrogen-bond acceptors (Lipinski definition) is 2. The van der Waals surface area contributed by atoms with Gasteiger partial charge in [0.15, 0.2) is 0 Å². The normalized spacial score (nSPS) is 10.8. The van der Waals surface area contributed by atoms with Gasteiger partial charge in [-0.15, -0.1) is 0 Å². The molecule has 0 aliphatic carbocycles. The van der Waals surface area contributed by atoms with Crippen LogP contribution < -0.4 is 5.56 Å². The molecule has 3 rings (SSSR count). The molecule has 0 fully saturated rings. The molecule has 2 aromatic carbocycles. The molecule has 1 aromatic heterocycles. The highest BCUT2D eigenvalue weighted by Crippen LogP contribution is 2.20. The number of benzene rings is 2. The summed E-state index contributed by atoms with van der Waals surface area (Å²) in [6.45, 7) is 0. The molecule has 0 saturated heterocycles. The van der Waals surface area contributed by atoms with Crippen LogP contribution in [-0.2, 0) is 7.05 Å². The minimum Gasteiger partial charge on any atom is -0.308 e. The molecule has 0 spiro atoms. The van der Waals surface area contributed by atoms with Crippen molar-refractivity contribution in [2.24, 2.45) is 7.05 Å². The van der Waals surface area contributed by atoms with E-state index in [-0.39, 0.29) is 5.56 Å².